The fraction of sp³-hybridized carbons (Fsp3) is 0.125. The van der Waals surface area contributed by atoms with Crippen molar-refractivity contribution < 1.29 is 29.0 Å². The number of carbonyl (C=O) groups is 2. The summed E-state index contributed by atoms with van der Waals surface area (Å²) in [6.07, 6.45) is 0.359. The Kier molecular flexibility index (Phi) is 7.06. The van der Waals surface area contributed by atoms with Crippen molar-refractivity contribution in [3.63, 3.8) is 0 Å². The SMILES string of the molecule is COC(=O)c1ccc(C#Cc2ccc(-c3cc(N(O)C(=O)OC)cnc3OC)cc2)cc1. The fourth-order valence-corrected chi connectivity index (χ4v) is 2.80. The van der Waals surface area contributed by atoms with E-state index in [0.29, 0.717) is 22.1 Å². The zero-order chi connectivity index (χ0) is 23.1. The van der Waals surface area contributed by atoms with E-state index < -0.39 is 12.1 Å². The maximum absolute atomic E-state index is 11.6. The van der Waals surface area contributed by atoms with E-state index in [1.165, 1.54) is 20.4 Å². The lowest BCUT2D eigenvalue weighted by Crippen LogP contribution is -2.26. The second-order valence-electron chi connectivity index (χ2n) is 6.43. The maximum Gasteiger partial charge on any atom is 0.438 e. The molecule has 162 valence electrons. The highest BCUT2D eigenvalue weighted by molar-refractivity contribution is 5.89. The molecule has 3 aromatic rings. The van der Waals surface area contributed by atoms with Crippen LogP contribution in [-0.4, -0.2) is 43.6 Å². The molecule has 0 saturated heterocycles. The minimum absolute atomic E-state index is 0.131. The summed E-state index contributed by atoms with van der Waals surface area (Å²) < 4.78 is 14.5. The zero-order valence-electron chi connectivity index (χ0n) is 17.7. The Bertz CT molecular complexity index is 1180. The van der Waals surface area contributed by atoms with E-state index in [1.54, 1.807) is 30.3 Å². The van der Waals surface area contributed by atoms with E-state index in [2.05, 4.69) is 26.3 Å². The lowest BCUT2D eigenvalue weighted by molar-refractivity contribution is 0.0600. The molecule has 1 heterocycles. The number of hydrogen-bond acceptors (Lipinski definition) is 7. The van der Waals surface area contributed by atoms with Crippen LogP contribution < -0.4 is 9.80 Å². The molecule has 3 rings (SSSR count). The van der Waals surface area contributed by atoms with Gasteiger partial charge in [0.2, 0.25) is 5.88 Å². The molecule has 0 unspecified atom stereocenters. The normalized spacial score (nSPS) is 9.88. The highest BCUT2D eigenvalue weighted by atomic mass is 16.6. The molecular formula is C24H20N2O6. The van der Waals surface area contributed by atoms with E-state index in [4.69, 9.17) is 4.74 Å². The van der Waals surface area contributed by atoms with Gasteiger partial charge < -0.3 is 14.2 Å². The number of esters is 1. The first kappa shape index (κ1) is 22.3. The van der Waals surface area contributed by atoms with Gasteiger partial charge in [0.05, 0.1) is 38.8 Å². The molecule has 2 aromatic carbocycles. The number of hydrogen-bond donors (Lipinski definition) is 1. The summed E-state index contributed by atoms with van der Waals surface area (Å²) in [5.41, 5.74) is 3.44. The highest BCUT2D eigenvalue weighted by Gasteiger charge is 2.17. The molecule has 0 aliphatic heterocycles. The van der Waals surface area contributed by atoms with Gasteiger partial charge in [-0.3, -0.25) is 5.21 Å². The molecule has 0 aliphatic rings. The first-order chi connectivity index (χ1) is 15.5. The molecule has 32 heavy (non-hydrogen) atoms. The first-order valence-corrected chi connectivity index (χ1v) is 9.38. The van der Waals surface area contributed by atoms with Crippen molar-refractivity contribution in [1.29, 1.82) is 0 Å². The summed E-state index contributed by atoms with van der Waals surface area (Å²) in [5.74, 6) is 6.03. The van der Waals surface area contributed by atoms with Gasteiger partial charge in [0, 0.05) is 16.7 Å². The molecule has 1 aromatic heterocycles. The number of benzene rings is 2. The first-order valence-electron chi connectivity index (χ1n) is 9.38. The van der Waals surface area contributed by atoms with Gasteiger partial charge >= 0.3 is 12.1 Å². The molecule has 1 N–H and O–H groups in total. The Hall–Kier alpha value is -4.35. The topological polar surface area (TPSA) is 98.2 Å². The van der Waals surface area contributed by atoms with E-state index in [0.717, 1.165) is 23.8 Å². The molecule has 0 spiro atoms. The monoisotopic (exact) mass is 432 g/mol. The summed E-state index contributed by atoms with van der Waals surface area (Å²) in [6, 6.07) is 15.7. The number of anilines is 1. The average molecular weight is 432 g/mol. The largest absolute Gasteiger partial charge is 0.481 e. The molecule has 8 nitrogen and oxygen atoms in total. The van der Waals surface area contributed by atoms with Crippen LogP contribution in [0.1, 0.15) is 21.5 Å². The van der Waals surface area contributed by atoms with Crippen molar-refractivity contribution in [2.45, 2.75) is 0 Å². The Balaban J connectivity index is 1.84. The van der Waals surface area contributed by atoms with Crippen LogP contribution in [0.3, 0.4) is 0 Å². The molecule has 8 heteroatoms. The minimum atomic E-state index is -0.937. The standard InChI is InChI=1S/C24H20N2O6/c1-30-22-21(14-20(15-25-22)26(29)24(28)32-3)18-10-6-16(7-11-18)4-5-17-8-12-19(13-9-17)23(27)31-2/h6-15,29H,1-3H3. The van der Waals surface area contributed by atoms with E-state index >= 15 is 0 Å². The van der Waals surface area contributed by atoms with Crippen LogP contribution in [0.5, 0.6) is 5.88 Å². The molecule has 0 saturated carbocycles. The second-order valence-corrected chi connectivity index (χ2v) is 6.43. The molecule has 0 radical (unpaired) electrons. The summed E-state index contributed by atoms with van der Waals surface area (Å²) >= 11 is 0. The van der Waals surface area contributed by atoms with Crippen molar-refractivity contribution >= 4 is 17.7 Å². The molecule has 0 bridgehead atoms. The number of amides is 1. The van der Waals surface area contributed by atoms with Crippen molar-refractivity contribution in [3.8, 4) is 28.8 Å². The predicted molar refractivity (Wildman–Crippen MR) is 117 cm³/mol. The van der Waals surface area contributed by atoms with Gasteiger partial charge in [0.1, 0.15) is 0 Å². The fourth-order valence-electron chi connectivity index (χ4n) is 2.80. The Morgan fingerprint density at radius 1 is 0.906 bits per heavy atom. The number of aromatic nitrogens is 1. The summed E-state index contributed by atoms with van der Waals surface area (Å²) in [7, 11) is 3.98. The zero-order valence-corrected chi connectivity index (χ0v) is 17.7. The number of carbonyl (C=O) groups excluding carboxylic acids is 2. The van der Waals surface area contributed by atoms with Crippen molar-refractivity contribution in [3.05, 3.63) is 77.5 Å². The number of pyridine rings is 1. The molecule has 0 aliphatic carbocycles. The highest BCUT2D eigenvalue weighted by Crippen LogP contribution is 2.31. The van der Waals surface area contributed by atoms with Crippen LogP contribution in [0.15, 0.2) is 60.8 Å². The molecule has 0 fully saturated rings. The van der Waals surface area contributed by atoms with Crippen molar-refractivity contribution in [2.24, 2.45) is 0 Å². The molecule has 0 atom stereocenters. The number of methoxy groups -OCH3 is 3. The van der Waals surface area contributed by atoms with Crippen LogP contribution in [0.2, 0.25) is 0 Å². The summed E-state index contributed by atoms with van der Waals surface area (Å²) in [5, 5.41) is 10.3. The van der Waals surface area contributed by atoms with Crippen LogP contribution in [-0.2, 0) is 9.47 Å². The quantitative estimate of drug-likeness (QED) is 0.289. The third kappa shape index (κ3) is 5.03. The van der Waals surface area contributed by atoms with Gasteiger partial charge in [-0.25, -0.2) is 14.6 Å². The summed E-state index contributed by atoms with van der Waals surface area (Å²) in [6.45, 7) is 0. The van der Waals surface area contributed by atoms with Gasteiger partial charge in [0.25, 0.3) is 0 Å². The third-order valence-electron chi connectivity index (χ3n) is 4.48. The van der Waals surface area contributed by atoms with Gasteiger partial charge in [-0.1, -0.05) is 24.0 Å². The smallest absolute Gasteiger partial charge is 0.438 e. The van der Waals surface area contributed by atoms with E-state index in [-0.39, 0.29) is 5.69 Å². The van der Waals surface area contributed by atoms with Gasteiger partial charge in [-0.15, -0.1) is 0 Å². The van der Waals surface area contributed by atoms with Crippen LogP contribution in [0.4, 0.5) is 10.5 Å². The lowest BCUT2D eigenvalue weighted by Gasteiger charge is -2.15. The number of rotatable bonds is 4. The van der Waals surface area contributed by atoms with Crippen molar-refractivity contribution in [1.82, 2.24) is 4.98 Å². The predicted octanol–water partition coefficient (Wildman–Crippen LogP) is 3.91. The number of ether oxygens (including phenoxy) is 3. The minimum Gasteiger partial charge on any atom is -0.481 e. The van der Waals surface area contributed by atoms with Gasteiger partial charge in [-0.05, 0) is 48.0 Å². The van der Waals surface area contributed by atoms with Crippen LogP contribution >= 0.6 is 0 Å². The molecular weight excluding hydrogens is 412 g/mol. The summed E-state index contributed by atoms with van der Waals surface area (Å²) in [4.78, 5) is 27.2. The van der Waals surface area contributed by atoms with Crippen LogP contribution in [0.25, 0.3) is 11.1 Å². The van der Waals surface area contributed by atoms with Crippen molar-refractivity contribution in [2.75, 3.05) is 26.4 Å². The molecule has 1 amide bonds. The van der Waals surface area contributed by atoms with Gasteiger partial charge in [-0.2, -0.15) is 5.06 Å². The third-order valence-corrected chi connectivity index (χ3v) is 4.48. The lowest BCUT2D eigenvalue weighted by atomic mass is 10.0. The number of nitrogens with zero attached hydrogens (tertiary/aromatic N) is 2. The van der Waals surface area contributed by atoms with Gasteiger partial charge in [0.15, 0.2) is 0 Å². The Morgan fingerprint density at radius 2 is 1.50 bits per heavy atom. The second kappa shape index (κ2) is 10.1. The Morgan fingerprint density at radius 3 is 2.03 bits per heavy atom. The maximum atomic E-state index is 11.6. The van der Waals surface area contributed by atoms with E-state index in [1.807, 2.05) is 24.3 Å². The number of hydroxylamine groups is 1. The van der Waals surface area contributed by atoms with Crippen LogP contribution in [0, 0.1) is 11.8 Å². The average Bonchev–Trinajstić information content (AvgIpc) is 2.86. The van der Waals surface area contributed by atoms with E-state index in [9.17, 15) is 14.8 Å². The Labute approximate surface area is 184 Å².